The first-order valence-corrected chi connectivity index (χ1v) is 10.1. The van der Waals surface area contributed by atoms with E-state index in [2.05, 4.69) is 0 Å². The van der Waals surface area contributed by atoms with Crippen LogP contribution in [0.2, 0.25) is 5.02 Å². The molecule has 0 saturated heterocycles. The Bertz CT molecular complexity index is 543. The molecule has 114 valence electrons. The maximum absolute atomic E-state index is 12.0. The average Bonchev–Trinajstić information content (AvgIpc) is 2.24. The third-order valence-corrected chi connectivity index (χ3v) is 8.88. The van der Waals surface area contributed by atoms with Crippen molar-refractivity contribution in [3.8, 4) is 0 Å². The Morgan fingerprint density at radius 3 is 2.05 bits per heavy atom. The molecule has 2 unspecified atom stereocenters. The maximum Gasteiger partial charge on any atom is 0.353 e. The van der Waals surface area contributed by atoms with E-state index in [1.165, 1.54) is 38.1 Å². The standard InChI is InChI=1S/C10H15ClO6P2S/c1-7(2)17-19(15,16)10(18(12,13)14)20-9-5-3-8(11)4-6-9/h3-7,10H,1-2H3,(H,15,16)(H2,12,13,14). The molecule has 0 aliphatic carbocycles. The molecule has 0 aliphatic heterocycles. The van der Waals surface area contributed by atoms with Crippen LogP contribution in [0, 0.1) is 0 Å². The van der Waals surface area contributed by atoms with Gasteiger partial charge in [-0.3, -0.25) is 9.13 Å². The number of hydrogen-bond acceptors (Lipinski definition) is 4. The molecule has 2 atom stereocenters. The molecule has 0 saturated carbocycles. The molecular formula is C10H15ClO6P2S. The van der Waals surface area contributed by atoms with Gasteiger partial charge in [-0.2, -0.15) is 0 Å². The fraction of sp³-hybridized carbons (Fsp3) is 0.400. The quantitative estimate of drug-likeness (QED) is 0.526. The molecule has 6 nitrogen and oxygen atoms in total. The van der Waals surface area contributed by atoms with Crippen molar-refractivity contribution in [1.29, 1.82) is 0 Å². The lowest BCUT2D eigenvalue weighted by Gasteiger charge is -2.24. The summed E-state index contributed by atoms with van der Waals surface area (Å²) < 4.78 is 26.4. The first kappa shape index (κ1) is 18.2. The summed E-state index contributed by atoms with van der Waals surface area (Å²) in [6, 6.07) is 6.05. The number of thioether (sulfide) groups is 1. The van der Waals surface area contributed by atoms with Crippen LogP contribution in [0.4, 0.5) is 0 Å². The summed E-state index contributed by atoms with van der Waals surface area (Å²) in [5.74, 6) is 0. The lowest BCUT2D eigenvalue weighted by Crippen LogP contribution is -2.11. The van der Waals surface area contributed by atoms with Crippen LogP contribution in [-0.4, -0.2) is 25.5 Å². The van der Waals surface area contributed by atoms with Crippen LogP contribution in [0.3, 0.4) is 0 Å². The molecule has 20 heavy (non-hydrogen) atoms. The van der Waals surface area contributed by atoms with Gasteiger partial charge < -0.3 is 19.2 Å². The third kappa shape index (κ3) is 5.51. The Morgan fingerprint density at radius 1 is 1.15 bits per heavy atom. The van der Waals surface area contributed by atoms with Gasteiger partial charge in [-0.25, -0.2) is 0 Å². The highest BCUT2D eigenvalue weighted by molar-refractivity contribution is 8.12. The van der Waals surface area contributed by atoms with Gasteiger partial charge in [0.15, 0.2) is 0 Å². The molecular weight excluding hydrogens is 346 g/mol. The van der Waals surface area contributed by atoms with Crippen molar-refractivity contribution in [2.75, 3.05) is 0 Å². The number of rotatable bonds is 6. The number of hydrogen-bond donors (Lipinski definition) is 3. The van der Waals surface area contributed by atoms with Crippen LogP contribution >= 0.6 is 38.6 Å². The van der Waals surface area contributed by atoms with E-state index in [0.29, 0.717) is 21.7 Å². The Balaban J connectivity index is 3.05. The summed E-state index contributed by atoms with van der Waals surface area (Å²) in [6.45, 7) is 3.01. The van der Waals surface area contributed by atoms with Gasteiger partial charge >= 0.3 is 15.2 Å². The molecule has 1 rings (SSSR count). The normalized spacial score (nSPS) is 16.9. The molecule has 0 aliphatic rings. The van der Waals surface area contributed by atoms with Crippen molar-refractivity contribution < 1.29 is 28.3 Å². The van der Waals surface area contributed by atoms with Gasteiger partial charge in [0.05, 0.1) is 6.10 Å². The average molecular weight is 361 g/mol. The predicted molar refractivity (Wildman–Crippen MR) is 79.2 cm³/mol. The van der Waals surface area contributed by atoms with Gasteiger partial charge in [0.25, 0.3) is 0 Å². The minimum absolute atomic E-state index is 0.407. The fourth-order valence-electron chi connectivity index (χ4n) is 1.31. The highest BCUT2D eigenvalue weighted by Gasteiger charge is 2.46. The van der Waals surface area contributed by atoms with Gasteiger partial charge in [0.1, 0.15) is 0 Å². The van der Waals surface area contributed by atoms with Gasteiger partial charge in [-0.1, -0.05) is 23.4 Å². The van der Waals surface area contributed by atoms with E-state index in [1.54, 1.807) is 0 Å². The Morgan fingerprint density at radius 2 is 1.65 bits per heavy atom. The summed E-state index contributed by atoms with van der Waals surface area (Å²) >= 11 is 6.30. The SMILES string of the molecule is CC(C)OP(=O)(O)C(Sc1ccc(Cl)cc1)P(=O)(O)O. The molecule has 0 amide bonds. The van der Waals surface area contributed by atoms with Gasteiger partial charge in [-0.05, 0) is 38.1 Å². The summed E-state index contributed by atoms with van der Waals surface area (Å²) in [4.78, 5) is 28.8. The molecule has 0 spiro atoms. The molecule has 0 radical (unpaired) electrons. The Kier molecular flexibility index (Phi) is 6.32. The largest absolute Gasteiger partial charge is 0.353 e. The van der Waals surface area contributed by atoms with Crippen molar-refractivity contribution >= 4 is 38.6 Å². The summed E-state index contributed by atoms with van der Waals surface area (Å²) in [6.07, 6.45) is -0.634. The molecule has 0 aromatic heterocycles. The second kappa shape index (κ2) is 6.95. The number of benzene rings is 1. The van der Waals surface area contributed by atoms with Crippen LogP contribution in [0.25, 0.3) is 0 Å². The van der Waals surface area contributed by atoms with Gasteiger partial charge in [0.2, 0.25) is 4.73 Å². The lowest BCUT2D eigenvalue weighted by atomic mass is 10.4. The third-order valence-electron chi connectivity index (χ3n) is 1.98. The van der Waals surface area contributed by atoms with Crippen LogP contribution in [-0.2, 0) is 13.7 Å². The Hall–Kier alpha value is 0.160. The molecule has 10 heteroatoms. The molecule has 0 heterocycles. The lowest BCUT2D eigenvalue weighted by molar-refractivity contribution is 0.204. The highest BCUT2D eigenvalue weighted by Crippen LogP contribution is 2.68. The number of halogens is 1. The first-order valence-electron chi connectivity index (χ1n) is 5.50. The van der Waals surface area contributed by atoms with Crippen molar-refractivity contribution in [3.05, 3.63) is 29.3 Å². The van der Waals surface area contributed by atoms with Crippen LogP contribution in [0.5, 0.6) is 0 Å². The van der Waals surface area contributed by atoms with Crippen LogP contribution < -0.4 is 0 Å². The Labute approximate surface area is 126 Å². The minimum atomic E-state index is -4.84. The van der Waals surface area contributed by atoms with E-state index < -0.39 is 26.0 Å². The zero-order valence-corrected chi connectivity index (χ0v) is 14.1. The maximum atomic E-state index is 12.0. The van der Waals surface area contributed by atoms with E-state index in [-0.39, 0.29) is 0 Å². The van der Waals surface area contributed by atoms with Crippen LogP contribution in [0.1, 0.15) is 13.8 Å². The van der Waals surface area contributed by atoms with Gasteiger partial charge in [-0.15, -0.1) is 0 Å². The van der Waals surface area contributed by atoms with Crippen molar-refractivity contribution in [3.63, 3.8) is 0 Å². The topological polar surface area (TPSA) is 104 Å². The summed E-state index contributed by atoms with van der Waals surface area (Å²) in [5.41, 5.74) is 0. The smallest absolute Gasteiger partial charge is 0.323 e. The second-order valence-corrected chi connectivity index (χ2v) is 10.5. The van der Waals surface area contributed by atoms with E-state index >= 15 is 0 Å². The van der Waals surface area contributed by atoms with Crippen molar-refractivity contribution in [2.24, 2.45) is 0 Å². The van der Waals surface area contributed by atoms with Gasteiger partial charge in [0, 0.05) is 9.92 Å². The van der Waals surface area contributed by atoms with Crippen LogP contribution in [0.15, 0.2) is 29.2 Å². The van der Waals surface area contributed by atoms with E-state index in [4.69, 9.17) is 16.1 Å². The molecule has 3 N–H and O–H groups in total. The zero-order valence-electron chi connectivity index (χ0n) is 10.7. The fourth-order valence-corrected chi connectivity index (χ4v) is 6.33. The summed E-state index contributed by atoms with van der Waals surface area (Å²) in [5, 5.41) is 0.452. The molecule has 0 bridgehead atoms. The minimum Gasteiger partial charge on any atom is -0.323 e. The zero-order chi connectivity index (χ0) is 15.6. The summed E-state index contributed by atoms with van der Waals surface area (Å²) in [7, 11) is -9.33. The van der Waals surface area contributed by atoms with E-state index in [0.717, 1.165) is 0 Å². The predicted octanol–water partition coefficient (Wildman–Crippen LogP) is 3.50. The van der Waals surface area contributed by atoms with E-state index in [9.17, 15) is 23.8 Å². The first-order chi connectivity index (χ1) is 9.02. The highest BCUT2D eigenvalue weighted by atomic mass is 35.5. The molecule has 1 aromatic carbocycles. The molecule has 0 fully saturated rings. The second-order valence-electron chi connectivity index (χ2n) is 4.21. The van der Waals surface area contributed by atoms with Crippen molar-refractivity contribution in [2.45, 2.75) is 29.6 Å². The molecule has 1 aromatic rings. The van der Waals surface area contributed by atoms with Crippen molar-refractivity contribution in [1.82, 2.24) is 0 Å². The van der Waals surface area contributed by atoms with E-state index in [1.807, 2.05) is 0 Å². The monoisotopic (exact) mass is 360 g/mol.